The first-order chi connectivity index (χ1) is 21.5. The molecule has 11 heteroatoms. The van der Waals surface area contributed by atoms with E-state index in [0.29, 0.717) is 35.3 Å². The average molecular weight is 731 g/mol. The Kier molecular flexibility index (Phi) is 11.3. The topological polar surface area (TPSA) is 120 Å². The highest BCUT2D eigenvalue weighted by atomic mass is 127. The van der Waals surface area contributed by atoms with Gasteiger partial charge in [-0.1, -0.05) is 63.4 Å². The van der Waals surface area contributed by atoms with Gasteiger partial charge in [-0.05, 0) is 64.6 Å². The van der Waals surface area contributed by atoms with Crippen molar-refractivity contribution in [3.63, 3.8) is 0 Å². The third-order valence-corrected chi connectivity index (χ3v) is 7.74. The van der Waals surface area contributed by atoms with Gasteiger partial charge in [-0.15, -0.1) is 0 Å². The lowest BCUT2D eigenvalue weighted by Gasteiger charge is -2.06. The molecule has 7 rings (SSSR count). The summed E-state index contributed by atoms with van der Waals surface area (Å²) in [6, 6.07) is 27.4. The van der Waals surface area contributed by atoms with Gasteiger partial charge in [0.15, 0.2) is 11.3 Å². The molecule has 10 nitrogen and oxygen atoms in total. The van der Waals surface area contributed by atoms with Gasteiger partial charge in [-0.2, -0.15) is 0 Å². The molecule has 0 aliphatic carbocycles. The van der Waals surface area contributed by atoms with Crippen molar-refractivity contribution in [3.8, 4) is 28.3 Å². The predicted molar refractivity (Wildman–Crippen MR) is 192 cm³/mol. The van der Waals surface area contributed by atoms with Gasteiger partial charge in [0, 0.05) is 40.0 Å². The van der Waals surface area contributed by atoms with Crippen molar-refractivity contribution in [3.05, 3.63) is 134 Å². The normalized spacial score (nSPS) is 10.5. The molecule has 0 saturated carbocycles. The number of nitrogens with one attached hydrogen (secondary N) is 2. The molecule has 0 spiro atoms. The monoisotopic (exact) mass is 730 g/mol. The molecule has 4 heterocycles. The number of benzene rings is 3. The number of halogens is 1. The Hall–Kier alpha value is -5.01. The van der Waals surface area contributed by atoms with Gasteiger partial charge in [-0.25, -0.2) is 9.97 Å². The number of H-pyrrole nitrogens is 2. The van der Waals surface area contributed by atoms with Crippen molar-refractivity contribution in [2.45, 2.75) is 14.9 Å². The molecule has 0 amide bonds. The van der Waals surface area contributed by atoms with E-state index < -0.39 is 0 Å². The van der Waals surface area contributed by atoms with E-state index in [-0.39, 0.29) is 26.0 Å². The number of hydrogen-bond donors (Lipinski definition) is 2. The summed E-state index contributed by atoms with van der Waals surface area (Å²) in [6.07, 6.45) is 6.73. The van der Waals surface area contributed by atoms with Gasteiger partial charge in [-0.3, -0.25) is 9.59 Å². The summed E-state index contributed by atoms with van der Waals surface area (Å²) >= 11 is 2.15. The highest BCUT2D eigenvalue weighted by Crippen LogP contribution is 2.30. The average Bonchev–Trinajstić information content (AvgIpc) is 3.62. The number of aromatic amines is 2. The minimum atomic E-state index is -0.162. The van der Waals surface area contributed by atoms with Crippen LogP contribution in [-0.2, 0) is 4.74 Å². The third kappa shape index (κ3) is 6.95. The molecule has 46 heavy (non-hydrogen) atoms. The number of rotatable bonds is 7. The fourth-order valence-corrected chi connectivity index (χ4v) is 5.63. The lowest BCUT2D eigenvalue weighted by atomic mass is 10.1. The molecule has 0 aliphatic rings. The number of aromatic nitrogens is 6. The molecule has 0 bridgehead atoms. The molecule has 0 atom stereocenters. The van der Waals surface area contributed by atoms with Crippen LogP contribution in [0.3, 0.4) is 0 Å². The van der Waals surface area contributed by atoms with E-state index in [1.807, 2.05) is 106 Å². The SMILES string of the molecule is C.C.COCCOc1ccc(-c2cn(-c3ccccc3)c3nc[nH]c(=O)c23)cc1.O=c1[nH]cnc2c1c(I)cn2-c1ccccc1. The lowest BCUT2D eigenvalue weighted by Crippen LogP contribution is -2.07. The molecule has 0 fully saturated rings. The minimum Gasteiger partial charge on any atom is -0.491 e. The second-order valence-electron chi connectivity index (χ2n) is 9.66. The number of fused-ring (bicyclic) bond motifs is 2. The molecular formula is C35H35IN6O4. The second kappa shape index (κ2) is 15.3. The van der Waals surface area contributed by atoms with Gasteiger partial charge in [0.2, 0.25) is 0 Å². The second-order valence-corrected chi connectivity index (χ2v) is 10.8. The van der Waals surface area contributed by atoms with Crippen molar-refractivity contribution < 1.29 is 9.47 Å². The van der Waals surface area contributed by atoms with E-state index in [1.54, 1.807) is 7.11 Å². The Bertz CT molecular complexity index is 2140. The maximum absolute atomic E-state index is 12.5. The quantitative estimate of drug-likeness (QED) is 0.135. The molecule has 4 aromatic heterocycles. The molecule has 0 aliphatic heterocycles. The predicted octanol–water partition coefficient (Wildman–Crippen LogP) is 7.00. The highest BCUT2D eigenvalue weighted by molar-refractivity contribution is 14.1. The van der Waals surface area contributed by atoms with E-state index in [2.05, 4.69) is 42.5 Å². The van der Waals surface area contributed by atoms with Crippen molar-refractivity contribution in [1.29, 1.82) is 0 Å². The number of ether oxygens (including phenoxy) is 2. The molecule has 7 aromatic rings. The van der Waals surface area contributed by atoms with Gasteiger partial charge in [0.05, 0.1) is 30.0 Å². The first kappa shape index (κ1) is 33.9. The molecular weight excluding hydrogens is 695 g/mol. The van der Waals surface area contributed by atoms with E-state index in [9.17, 15) is 9.59 Å². The number of methoxy groups -OCH3 is 1. The Morgan fingerprint density at radius 2 is 1.22 bits per heavy atom. The van der Waals surface area contributed by atoms with Crippen LogP contribution in [0.25, 0.3) is 44.6 Å². The van der Waals surface area contributed by atoms with E-state index in [4.69, 9.17) is 9.47 Å². The van der Waals surface area contributed by atoms with Crippen molar-refractivity contribution in [2.24, 2.45) is 0 Å². The zero-order valence-corrected chi connectivity index (χ0v) is 25.8. The molecule has 236 valence electrons. The molecule has 0 unspecified atom stereocenters. The molecule has 0 radical (unpaired) electrons. The zero-order chi connectivity index (χ0) is 30.5. The molecule has 0 saturated heterocycles. The van der Waals surface area contributed by atoms with Gasteiger partial charge < -0.3 is 28.6 Å². The number of nitrogens with zero attached hydrogens (tertiary/aromatic N) is 4. The van der Waals surface area contributed by atoms with Crippen LogP contribution in [0, 0.1) is 3.57 Å². The minimum absolute atomic E-state index is 0. The van der Waals surface area contributed by atoms with Crippen LogP contribution >= 0.6 is 22.6 Å². The van der Waals surface area contributed by atoms with Crippen molar-refractivity contribution in [2.75, 3.05) is 20.3 Å². The maximum atomic E-state index is 12.5. The summed E-state index contributed by atoms with van der Waals surface area (Å²) in [6.45, 7) is 1.03. The van der Waals surface area contributed by atoms with E-state index in [1.165, 1.54) is 12.7 Å². The van der Waals surface area contributed by atoms with Crippen LogP contribution in [0.2, 0.25) is 0 Å². The first-order valence-corrected chi connectivity index (χ1v) is 14.8. The largest absolute Gasteiger partial charge is 0.491 e. The summed E-state index contributed by atoms with van der Waals surface area (Å²) in [5.74, 6) is 0.759. The Morgan fingerprint density at radius 1 is 0.696 bits per heavy atom. The smallest absolute Gasteiger partial charge is 0.261 e. The van der Waals surface area contributed by atoms with Crippen molar-refractivity contribution >= 4 is 44.7 Å². The van der Waals surface area contributed by atoms with Crippen LogP contribution in [0.1, 0.15) is 14.9 Å². The standard InChI is InChI=1S/C21H19N3O3.C12H8IN3O.2CH4/c1-26-11-12-27-17-9-7-15(8-10-17)18-13-24(16-5-3-2-4-6-16)20-19(18)21(25)23-14-22-20;13-9-6-16(8-4-2-1-3-5-8)11-10(9)12(17)15-7-14-11;;/h2-10,13-14H,11-12H2,1H3,(H,22,23,25);1-7H,(H,14,15,17);2*1H4. The summed E-state index contributed by atoms with van der Waals surface area (Å²) in [7, 11) is 1.64. The van der Waals surface area contributed by atoms with Crippen LogP contribution in [0.15, 0.2) is 120 Å². The van der Waals surface area contributed by atoms with Crippen LogP contribution < -0.4 is 15.9 Å². The molecule has 2 N–H and O–H groups in total. The third-order valence-electron chi connectivity index (χ3n) is 6.92. The zero-order valence-electron chi connectivity index (χ0n) is 23.6. The van der Waals surface area contributed by atoms with Crippen LogP contribution in [-0.4, -0.2) is 49.4 Å². The Labute approximate surface area is 279 Å². The summed E-state index contributed by atoms with van der Waals surface area (Å²) in [4.78, 5) is 38.2. The summed E-state index contributed by atoms with van der Waals surface area (Å²) in [5.41, 5.74) is 4.74. The summed E-state index contributed by atoms with van der Waals surface area (Å²) in [5, 5.41) is 1.20. The van der Waals surface area contributed by atoms with Gasteiger partial charge in [0.1, 0.15) is 12.4 Å². The first-order valence-electron chi connectivity index (χ1n) is 13.7. The number of hydrogen-bond acceptors (Lipinski definition) is 6. The Morgan fingerprint density at radius 3 is 1.78 bits per heavy atom. The van der Waals surface area contributed by atoms with Crippen LogP contribution in [0.4, 0.5) is 0 Å². The fourth-order valence-electron chi connectivity index (χ4n) is 4.86. The lowest BCUT2D eigenvalue weighted by molar-refractivity contribution is 0.146. The van der Waals surface area contributed by atoms with Gasteiger partial charge >= 0.3 is 0 Å². The van der Waals surface area contributed by atoms with Crippen molar-refractivity contribution in [1.82, 2.24) is 29.1 Å². The molecule has 3 aromatic carbocycles. The Balaban J connectivity index is 0.000000219. The van der Waals surface area contributed by atoms with E-state index >= 15 is 0 Å². The maximum Gasteiger partial charge on any atom is 0.261 e. The van der Waals surface area contributed by atoms with Crippen LogP contribution in [0.5, 0.6) is 5.75 Å². The number of para-hydroxylation sites is 2. The van der Waals surface area contributed by atoms with E-state index in [0.717, 1.165) is 31.8 Å². The summed E-state index contributed by atoms with van der Waals surface area (Å²) < 4.78 is 15.4. The highest BCUT2D eigenvalue weighted by Gasteiger charge is 2.16. The van der Waals surface area contributed by atoms with Gasteiger partial charge in [0.25, 0.3) is 11.1 Å². The fraction of sp³-hybridized carbons (Fsp3) is 0.143.